The average molecular weight is 375 g/mol. The van der Waals surface area contributed by atoms with Crippen LogP contribution in [0.15, 0.2) is 5.10 Å². The van der Waals surface area contributed by atoms with Crippen molar-refractivity contribution in [2.45, 2.75) is 26.3 Å². The van der Waals surface area contributed by atoms with Crippen molar-refractivity contribution in [3.8, 4) is 0 Å². The van der Waals surface area contributed by atoms with Crippen molar-refractivity contribution >= 4 is 39.9 Å². The van der Waals surface area contributed by atoms with Crippen molar-refractivity contribution in [2.24, 2.45) is 5.10 Å². The van der Waals surface area contributed by atoms with Crippen LogP contribution in [0.1, 0.15) is 29.5 Å². The summed E-state index contributed by atoms with van der Waals surface area (Å²) in [6, 6.07) is -0.230. The van der Waals surface area contributed by atoms with Crippen molar-refractivity contribution in [3.05, 3.63) is 27.0 Å². The predicted octanol–water partition coefficient (Wildman–Crippen LogP) is 1.65. The Morgan fingerprint density at radius 1 is 1.48 bits per heavy atom. The van der Waals surface area contributed by atoms with Gasteiger partial charge in [0.1, 0.15) is 11.0 Å². The highest BCUT2D eigenvalue weighted by atomic mass is 35.5. The zero-order chi connectivity index (χ0) is 16.8. The Kier molecular flexibility index (Phi) is 4.15. The van der Waals surface area contributed by atoms with E-state index in [9.17, 15) is 8.42 Å². The predicted molar refractivity (Wildman–Crippen MR) is 89.4 cm³/mol. The number of nitrogens with zero attached hydrogens (tertiary/aromatic N) is 5. The quantitative estimate of drug-likeness (QED) is 0.650. The van der Waals surface area contributed by atoms with Crippen molar-refractivity contribution in [1.82, 2.24) is 24.7 Å². The number of aromatic amines is 1. The lowest BCUT2D eigenvalue weighted by Crippen LogP contribution is -2.12. The Morgan fingerprint density at radius 2 is 2.22 bits per heavy atom. The minimum atomic E-state index is -3.01. The molecule has 0 radical (unpaired) electrons. The van der Waals surface area contributed by atoms with E-state index >= 15 is 0 Å². The highest BCUT2D eigenvalue weighted by Crippen LogP contribution is 2.29. The molecule has 3 rings (SSSR count). The summed E-state index contributed by atoms with van der Waals surface area (Å²) in [4.78, 5) is 0. The summed E-state index contributed by atoms with van der Waals surface area (Å²) in [5.41, 5.74) is 1.31. The molecule has 1 saturated heterocycles. The van der Waals surface area contributed by atoms with Gasteiger partial charge in [-0.1, -0.05) is 11.6 Å². The Hall–Kier alpha value is -1.52. The third-order valence-corrected chi connectivity index (χ3v) is 6.13. The number of hydrogen-bond donors (Lipinski definition) is 1. The normalized spacial score (nSPS) is 20.6. The van der Waals surface area contributed by atoms with Gasteiger partial charge in [0.2, 0.25) is 4.77 Å². The van der Waals surface area contributed by atoms with Crippen LogP contribution in [0, 0.1) is 18.6 Å². The topological polar surface area (TPSA) is 97.9 Å². The number of nitrogens with one attached hydrogen (secondary N) is 1. The first kappa shape index (κ1) is 16.3. The van der Waals surface area contributed by atoms with E-state index in [4.69, 9.17) is 23.8 Å². The van der Waals surface area contributed by atoms with Crippen LogP contribution in [0.3, 0.4) is 0 Å². The molecule has 2 aromatic rings. The molecule has 8 nitrogen and oxygen atoms in total. The smallest absolute Gasteiger partial charge is 0.216 e. The molecule has 23 heavy (non-hydrogen) atoms. The Morgan fingerprint density at radius 3 is 2.78 bits per heavy atom. The fourth-order valence-corrected chi connectivity index (χ4v) is 4.79. The van der Waals surface area contributed by atoms with Crippen molar-refractivity contribution in [1.29, 1.82) is 0 Å². The summed E-state index contributed by atoms with van der Waals surface area (Å²) in [5.74, 6) is 0.852. The highest BCUT2D eigenvalue weighted by molar-refractivity contribution is 7.91. The molecule has 3 heterocycles. The van der Waals surface area contributed by atoms with Crippen LogP contribution in [0.2, 0.25) is 5.15 Å². The largest absolute Gasteiger partial charge is 0.250 e. The molecule has 1 fully saturated rings. The van der Waals surface area contributed by atoms with E-state index in [0.29, 0.717) is 33.4 Å². The van der Waals surface area contributed by atoms with Gasteiger partial charge in [-0.15, -0.1) is 0 Å². The fourth-order valence-electron chi connectivity index (χ4n) is 2.51. The molecule has 0 bridgehead atoms. The first-order chi connectivity index (χ1) is 10.8. The average Bonchev–Trinajstić information content (AvgIpc) is 3.08. The van der Waals surface area contributed by atoms with Gasteiger partial charge in [-0.3, -0.25) is 5.10 Å². The molecular formula is C12H15ClN6O2S2. The maximum atomic E-state index is 11.6. The van der Waals surface area contributed by atoms with Gasteiger partial charge in [0.15, 0.2) is 9.84 Å². The Labute approximate surface area is 143 Å². The second-order valence-electron chi connectivity index (χ2n) is 5.42. The van der Waals surface area contributed by atoms with Gasteiger partial charge in [-0.05, 0) is 32.5 Å². The van der Waals surface area contributed by atoms with Crippen LogP contribution in [0.4, 0.5) is 0 Å². The van der Waals surface area contributed by atoms with Crippen LogP contribution in [-0.2, 0) is 9.84 Å². The number of rotatable bonds is 3. The maximum absolute atomic E-state index is 11.6. The first-order valence-corrected chi connectivity index (χ1v) is 9.52. The molecule has 0 aliphatic carbocycles. The molecule has 0 saturated carbocycles. The van der Waals surface area contributed by atoms with Crippen molar-refractivity contribution < 1.29 is 8.42 Å². The lowest BCUT2D eigenvalue weighted by molar-refractivity contribution is 0.497. The minimum absolute atomic E-state index is 0.0658. The van der Waals surface area contributed by atoms with Gasteiger partial charge >= 0.3 is 0 Å². The van der Waals surface area contributed by atoms with Gasteiger partial charge in [0.25, 0.3) is 0 Å². The molecule has 0 unspecified atom stereocenters. The molecule has 11 heteroatoms. The first-order valence-electron chi connectivity index (χ1n) is 6.92. The monoisotopic (exact) mass is 374 g/mol. The molecule has 1 aliphatic rings. The van der Waals surface area contributed by atoms with E-state index in [2.05, 4.69) is 20.4 Å². The number of hydrogen-bond acceptors (Lipinski definition) is 6. The molecular weight excluding hydrogens is 360 g/mol. The number of H-pyrrole nitrogens is 1. The van der Waals surface area contributed by atoms with Crippen LogP contribution < -0.4 is 0 Å². The van der Waals surface area contributed by atoms with E-state index in [1.165, 1.54) is 4.68 Å². The van der Waals surface area contributed by atoms with Crippen LogP contribution in [-0.4, -0.2) is 50.8 Å². The number of sulfone groups is 1. The summed E-state index contributed by atoms with van der Waals surface area (Å²) in [5, 5.41) is 15.6. The maximum Gasteiger partial charge on any atom is 0.216 e. The Bertz CT molecular complexity index is 939. The number of aryl methyl sites for hydroxylation is 2. The van der Waals surface area contributed by atoms with Gasteiger partial charge in [-0.2, -0.15) is 20.0 Å². The minimum Gasteiger partial charge on any atom is -0.250 e. The lowest BCUT2D eigenvalue weighted by Gasteiger charge is -2.09. The van der Waals surface area contributed by atoms with Crippen molar-refractivity contribution in [2.75, 3.05) is 11.5 Å². The van der Waals surface area contributed by atoms with E-state index in [-0.39, 0.29) is 17.5 Å². The SMILES string of the molecule is Cc1nn([C@@H]2CCS(=O)(=O)C2)c(Cl)c1C=Nn1c(C)n[nH]c1=S. The molecule has 0 amide bonds. The van der Waals surface area contributed by atoms with Gasteiger partial charge < -0.3 is 0 Å². The second kappa shape index (κ2) is 5.84. The zero-order valence-corrected chi connectivity index (χ0v) is 14.9. The molecule has 1 aliphatic heterocycles. The highest BCUT2D eigenvalue weighted by Gasteiger charge is 2.31. The van der Waals surface area contributed by atoms with Crippen molar-refractivity contribution in [3.63, 3.8) is 0 Å². The summed E-state index contributed by atoms with van der Waals surface area (Å²) in [6.45, 7) is 3.57. The zero-order valence-electron chi connectivity index (χ0n) is 12.5. The van der Waals surface area contributed by atoms with E-state index in [1.807, 2.05) is 0 Å². The van der Waals surface area contributed by atoms with Crippen LogP contribution >= 0.6 is 23.8 Å². The lowest BCUT2D eigenvalue weighted by atomic mass is 10.2. The fraction of sp³-hybridized carbons (Fsp3) is 0.500. The van der Waals surface area contributed by atoms with Crippen LogP contribution in [0.25, 0.3) is 0 Å². The second-order valence-corrected chi connectivity index (χ2v) is 8.40. The molecule has 0 spiro atoms. The molecule has 0 aromatic carbocycles. The third-order valence-electron chi connectivity index (χ3n) is 3.74. The standard InChI is InChI=1S/C12H15ClN6O2S2/c1-7-10(5-14-18-8(2)15-16-12(18)22)11(13)19(17-7)9-3-4-23(20,21)6-9/h5,9H,3-4,6H2,1-2H3,(H,16,22)/t9-/m1/s1. The summed E-state index contributed by atoms with van der Waals surface area (Å²) in [7, 11) is -3.01. The molecule has 1 atom stereocenters. The van der Waals surface area contributed by atoms with Gasteiger partial charge in [0.05, 0.1) is 35.0 Å². The van der Waals surface area contributed by atoms with Gasteiger partial charge in [0, 0.05) is 0 Å². The van der Waals surface area contributed by atoms with E-state index < -0.39 is 9.84 Å². The number of aromatic nitrogens is 5. The third kappa shape index (κ3) is 3.10. The van der Waals surface area contributed by atoms with E-state index in [1.54, 1.807) is 24.7 Å². The van der Waals surface area contributed by atoms with Gasteiger partial charge in [-0.25, -0.2) is 13.1 Å². The van der Waals surface area contributed by atoms with E-state index in [0.717, 1.165) is 0 Å². The molecule has 124 valence electrons. The Balaban J connectivity index is 1.94. The summed E-state index contributed by atoms with van der Waals surface area (Å²) in [6.07, 6.45) is 2.08. The summed E-state index contributed by atoms with van der Waals surface area (Å²) >= 11 is 11.5. The summed E-state index contributed by atoms with van der Waals surface area (Å²) < 4.78 is 26.7. The molecule has 1 N–H and O–H groups in total. The number of halogens is 1. The molecule has 2 aromatic heterocycles. The van der Waals surface area contributed by atoms with Crippen LogP contribution in [0.5, 0.6) is 0 Å².